The first-order valence-electron chi connectivity index (χ1n) is 14.4. The number of furan rings is 2. The van der Waals surface area contributed by atoms with Crippen LogP contribution in [0, 0.1) is 0 Å². The number of pyridine rings is 1. The van der Waals surface area contributed by atoms with Gasteiger partial charge >= 0.3 is 0 Å². The van der Waals surface area contributed by atoms with Gasteiger partial charge in [0, 0.05) is 44.5 Å². The van der Waals surface area contributed by atoms with Crippen molar-refractivity contribution < 1.29 is 8.83 Å². The maximum atomic E-state index is 6.55. The molecule has 43 heavy (non-hydrogen) atoms. The normalized spacial score (nSPS) is 11.7. The topological polar surface area (TPSA) is 42.4 Å². The number of anilines is 3. The quantitative estimate of drug-likeness (QED) is 0.218. The number of aromatic nitrogens is 1. The van der Waals surface area contributed by atoms with Crippen LogP contribution in [0.2, 0.25) is 0 Å². The summed E-state index contributed by atoms with van der Waals surface area (Å²) in [4.78, 5) is 6.77. The minimum atomic E-state index is 0.648. The van der Waals surface area contributed by atoms with E-state index in [1.54, 1.807) is 6.20 Å². The van der Waals surface area contributed by atoms with Gasteiger partial charge in [-0.1, -0.05) is 84.9 Å². The van der Waals surface area contributed by atoms with Crippen molar-refractivity contribution in [1.82, 2.24) is 4.98 Å². The van der Waals surface area contributed by atoms with Gasteiger partial charge in [0.15, 0.2) is 5.58 Å². The van der Waals surface area contributed by atoms with Gasteiger partial charge in [-0.15, -0.1) is 0 Å². The molecule has 202 valence electrons. The third-order valence-electron chi connectivity index (χ3n) is 8.31. The fourth-order valence-electron chi connectivity index (χ4n) is 6.31. The van der Waals surface area contributed by atoms with E-state index in [0.29, 0.717) is 5.71 Å². The predicted octanol–water partition coefficient (Wildman–Crippen LogP) is 11.2. The minimum absolute atomic E-state index is 0.648. The number of nitrogens with zero attached hydrogens (tertiary/aromatic N) is 2. The Hall–Kier alpha value is -5.87. The molecule has 4 nitrogen and oxygen atoms in total. The molecular formula is C39H24N2O2. The zero-order chi connectivity index (χ0) is 28.3. The van der Waals surface area contributed by atoms with E-state index in [9.17, 15) is 0 Å². The molecule has 0 amide bonds. The lowest BCUT2D eigenvalue weighted by Crippen LogP contribution is -2.10. The van der Waals surface area contributed by atoms with Gasteiger partial charge < -0.3 is 13.7 Å². The molecule has 0 fully saturated rings. The van der Waals surface area contributed by atoms with Crippen LogP contribution in [0.5, 0.6) is 0 Å². The Kier molecular flexibility index (Phi) is 5.16. The number of hydrogen-bond acceptors (Lipinski definition) is 4. The van der Waals surface area contributed by atoms with Crippen molar-refractivity contribution in [2.45, 2.75) is 0 Å². The minimum Gasteiger partial charge on any atom is -0.454 e. The summed E-state index contributed by atoms with van der Waals surface area (Å²) >= 11 is 0. The van der Waals surface area contributed by atoms with Crippen LogP contribution < -0.4 is 4.90 Å². The first-order chi connectivity index (χ1) is 21.3. The Morgan fingerprint density at radius 1 is 0.465 bits per heavy atom. The molecule has 0 spiro atoms. The second kappa shape index (κ2) is 9.33. The lowest BCUT2D eigenvalue weighted by atomic mass is 10.0. The van der Waals surface area contributed by atoms with Crippen molar-refractivity contribution in [1.29, 1.82) is 0 Å². The number of fused-ring (bicyclic) bond motifs is 8. The first kappa shape index (κ1) is 23.8. The molecule has 6 aromatic carbocycles. The van der Waals surface area contributed by atoms with Gasteiger partial charge in [0.2, 0.25) is 5.71 Å². The van der Waals surface area contributed by atoms with Crippen LogP contribution in [-0.2, 0) is 0 Å². The Morgan fingerprint density at radius 3 is 2.16 bits per heavy atom. The van der Waals surface area contributed by atoms with Gasteiger partial charge in [-0.2, -0.15) is 0 Å². The summed E-state index contributed by atoms with van der Waals surface area (Å²) in [7, 11) is 0. The van der Waals surface area contributed by atoms with E-state index in [-0.39, 0.29) is 0 Å². The fourth-order valence-corrected chi connectivity index (χ4v) is 6.31. The molecule has 0 unspecified atom stereocenters. The predicted molar refractivity (Wildman–Crippen MR) is 176 cm³/mol. The van der Waals surface area contributed by atoms with Crippen molar-refractivity contribution in [3.63, 3.8) is 0 Å². The number of hydrogen-bond donors (Lipinski definition) is 0. The van der Waals surface area contributed by atoms with Gasteiger partial charge in [0.05, 0.1) is 5.69 Å². The molecule has 0 aliphatic heterocycles. The summed E-state index contributed by atoms with van der Waals surface area (Å²) in [5.41, 5.74) is 8.53. The number of para-hydroxylation sites is 2. The van der Waals surface area contributed by atoms with Crippen LogP contribution in [0.3, 0.4) is 0 Å². The number of rotatable bonds is 4. The second-order valence-corrected chi connectivity index (χ2v) is 10.8. The fraction of sp³-hybridized carbons (Fsp3) is 0. The van der Waals surface area contributed by atoms with Gasteiger partial charge in [-0.05, 0) is 71.1 Å². The average molecular weight is 553 g/mol. The molecule has 9 rings (SSSR count). The van der Waals surface area contributed by atoms with Gasteiger partial charge in [-0.25, -0.2) is 4.98 Å². The molecule has 3 aromatic heterocycles. The van der Waals surface area contributed by atoms with E-state index in [0.717, 1.165) is 71.7 Å². The Balaban J connectivity index is 1.33. The van der Waals surface area contributed by atoms with Crippen LogP contribution in [-0.4, -0.2) is 4.98 Å². The summed E-state index contributed by atoms with van der Waals surface area (Å²) in [6, 6.07) is 48.6. The maximum absolute atomic E-state index is 6.55. The average Bonchev–Trinajstić information content (AvgIpc) is 3.65. The lowest BCUT2D eigenvalue weighted by molar-refractivity contribution is 0.657. The van der Waals surface area contributed by atoms with Crippen LogP contribution in [0.15, 0.2) is 155 Å². The molecule has 3 heterocycles. The third kappa shape index (κ3) is 3.74. The SMILES string of the molecule is c1ccc(-c2cccc(N(c3ccc4ccc5c6cccnc6oc5c4c3)c3cccc4c3oc3ccccc34)c2)cc1. The summed E-state index contributed by atoms with van der Waals surface area (Å²) in [5.74, 6) is 0. The maximum Gasteiger partial charge on any atom is 0.227 e. The molecule has 4 heteroatoms. The smallest absolute Gasteiger partial charge is 0.227 e. The second-order valence-electron chi connectivity index (χ2n) is 10.8. The highest BCUT2D eigenvalue weighted by molar-refractivity contribution is 6.15. The van der Waals surface area contributed by atoms with E-state index in [2.05, 4.69) is 125 Å². The zero-order valence-corrected chi connectivity index (χ0v) is 23.1. The largest absolute Gasteiger partial charge is 0.454 e. The van der Waals surface area contributed by atoms with Gasteiger partial charge in [-0.3, -0.25) is 0 Å². The van der Waals surface area contributed by atoms with Crippen molar-refractivity contribution in [2.24, 2.45) is 0 Å². The van der Waals surface area contributed by atoms with Crippen molar-refractivity contribution in [2.75, 3.05) is 4.90 Å². The van der Waals surface area contributed by atoms with Gasteiger partial charge in [0.1, 0.15) is 11.2 Å². The molecule has 9 aromatic rings. The standard InChI is InChI=1S/C39H24N2O2/c1-2-9-25(10-3-1)27-11-6-12-28(23-27)41(35-16-7-14-31-30-13-4-5-17-36(30)42-38(31)35)29-20-18-26-19-21-32-33-15-8-22-40-39(33)43-37(32)34(26)24-29/h1-24H. The van der Waals surface area contributed by atoms with Crippen molar-refractivity contribution in [3.05, 3.63) is 146 Å². The molecule has 0 atom stereocenters. The Labute approximate surface area is 247 Å². The van der Waals surface area contributed by atoms with Crippen molar-refractivity contribution >= 4 is 71.8 Å². The van der Waals surface area contributed by atoms with E-state index in [4.69, 9.17) is 8.83 Å². The summed E-state index contributed by atoms with van der Waals surface area (Å²) < 4.78 is 12.9. The molecule has 0 N–H and O–H groups in total. The molecule has 0 aliphatic carbocycles. The zero-order valence-electron chi connectivity index (χ0n) is 23.1. The van der Waals surface area contributed by atoms with Crippen LogP contribution in [0.1, 0.15) is 0 Å². The van der Waals surface area contributed by atoms with E-state index < -0.39 is 0 Å². The third-order valence-corrected chi connectivity index (χ3v) is 8.31. The molecular weight excluding hydrogens is 528 g/mol. The molecule has 0 saturated carbocycles. The summed E-state index contributed by atoms with van der Waals surface area (Å²) in [5, 5.41) is 6.41. The van der Waals surface area contributed by atoms with E-state index >= 15 is 0 Å². The summed E-state index contributed by atoms with van der Waals surface area (Å²) in [6.07, 6.45) is 1.77. The lowest BCUT2D eigenvalue weighted by Gasteiger charge is -2.26. The molecule has 0 bridgehead atoms. The van der Waals surface area contributed by atoms with Crippen LogP contribution in [0.25, 0.3) is 65.9 Å². The summed E-state index contributed by atoms with van der Waals surface area (Å²) in [6.45, 7) is 0. The number of benzene rings is 6. The highest BCUT2D eigenvalue weighted by atomic mass is 16.3. The van der Waals surface area contributed by atoms with E-state index in [1.165, 1.54) is 5.56 Å². The highest BCUT2D eigenvalue weighted by Crippen LogP contribution is 2.44. The van der Waals surface area contributed by atoms with Crippen molar-refractivity contribution in [3.8, 4) is 11.1 Å². The Bertz CT molecular complexity index is 2470. The molecule has 0 aliphatic rings. The van der Waals surface area contributed by atoms with Crippen LogP contribution >= 0.6 is 0 Å². The van der Waals surface area contributed by atoms with Gasteiger partial charge in [0.25, 0.3) is 0 Å². The van der Waals surface area contributed by atoms with Crippen LogP contribution in [0.4, 0.5) is 17.1 Å². The van der Waals surface area contributed by atoms with E-state index in [1.807, 2.05) is 24.3 Å². The monoisotopic (exact) mass is 552 g/mol. The molecule has 0 radical (unpaired) electrons. The first-order valence-corrected chi connectivity index (χ1v) is 14.4. The Morgan fingerprint density at radius 2 is 1.21 bits per heavy atom. The highest BCUT2D eigenvalue weighted by Gasteiger charge is 2.21. The molecule has 0 saturated heterocycles.